The molecule has 3 aliphatic rings. The summed E-state index contributed by atoms with van der Waals surface area (Å²) >= 11 is 7.63. The van der Waals surface area contributed by atoms with Crippen LogP contribution >= 0.6 is 23.4 Å². The number of anilines is 1. The molecule has 3 aliphatic heterocycles. The average molecular weight is 603 g/mol. The zero-order valence-electron chi connectivity index (χ0n) is 23.1. The molecule has 0 unspecified atom stereocenters. The topological polar surface area (TPSA) is 74.2 Å². The molecule has 14 heteroatoms. The summed E-state index contributed by atoms with van der Waals surface area (Å²) in [7, 11) is 2.06. The molecular formula is C26H34ClF3N6O3S. The van der Waals surface area contributed by atoms with Crippen molar-refractivity contribution in [2.75, 3.05) is 76.6 Å². The van der Waals surface area contributed by atoms with E-state index in [0.717, 1.165) is 32.2 Å². The van der Waals surface area contributed by atoms with Crippen LogP contribution in [0, 0.1) is 0 Å². The summed E-state index contributed by atoms with van der Waals surface area (Å²) in [5, 5.41) is -0.143. The van der Waals surface area contributed by atoms with E-state index in [1.807, 2.05) is 0 Å². The molecule has 4 heterocycles. The monoisotopic (exact) mass is 602 g/mol. The first-order chi connectivity index (χ1) is 18.7. The molecule has 0 N–H and O–H groups in total. The van der Waals surface area contributed by atoms with Crippen LogP contribution in [0.3, 0.4) is 0 Å². The van der Waals surface area contributed by atoms with E-state index in [9.17, 15) is 22.8 Å². The van der Waals surface area contributed by atoms with Gasteiger partial charge in [0.05, 0.1) is 27.0 Å². The Morgan fingerprint density at radius 2 is 1.75 bits per heavy atom. The van der Waals surface area contributed by atoms with Gasteiger partial charge in [0, 0.05) is 70.0 Å². The fraction of sp³-hybridized carbons (Fsp3) is 0.654. The minimum atomic E-state index is -4.67. The first-order valence-corrected chi connectivity index (χ1v) is 14.7. The lowest BCUT2D eigenvalue weighted by Gasteiger charge is -2.38. The third kappa shape index (κ3) is 5.88. The highest BCUT2D eigenvalue weighted by atomic mass is 35.5. The summed E-state index contributed by atoms with van der Waals surface area (Å²) in [6, 6.07) is 0.771. The number of rotatable bonds is 3. The van der Waals surface area contributed by atoms with Crippen LogP contribution in [-0.2, 0) is 10.9 Å². The molecule has 0 bridgehead atoms. The largest absolute Gasteiger partial charge is 0.444 e. The molecule has 1 amide bonds. The van der Waals surface area contributed by atoms with E-state index in [-0.39, 0.29) is 40.3 Å². The van der Waals surface area contributed by atoms with Gasteiger partial charge in [-0.05, 0) is 33.9 Å². The van der Waals surface area contributed by atoms with Gasteiger partial charge in [-0.3, -0.25) is 9.47 Å². The van der Waals surface area contributed by atoms with Crippen LogP contribution in [0.25, 0.3) is 10.9 Å². The molecule has 1 aromatic heterocycles. The SMILES string of the molecule is CN1CCN(C[C@H]2CSc3c(Cl)c(C(F)(F)F)cc4c(N5CCN(C(=O)OC(C)(C)C)CC5)nc(=O)n2c34)CC1. The van der Waals surface area contributed by atoms with Gasteiger partial charge in [0.1, 0.15) is 11.4 Å². The molecule has 0 saturated carbocycles. The second-order valence-corrected chi connectivity index (χ2v) is 13.0. The van der Waals surface area contributed by atoms with E-state index < -0.39 is 29.1 Å². The van der Waals surface area contributed by atoms with Gasteiger partial charge in [0.2, 0.25) is 0 Å². The van der Waals surface area contributed by atoms with Crippen LogP contribution in [0.15, 0.2) is 15.8 Å². The lowest BCUT2D eigenvalue weighted by Crippen LogP contribution is -2.51. The minimum Gasteiger partial charge on any atom is -0.444 e. The van der Waals surface area contributed by atoms with E-state index in [1.165, 1.54) is 11.8 Å². The number of nitrogens with zero attached hydrogens (tertiary/aromatic N) is 6. The molecule has 9 nitrogen and oxygen atoms in total. The van der Waals surface area contributed by atoms with Gasteiger partial charge >= 0.3 is 18.0 Å². The van der Waals surface area contributed by atoms with E-state index in [0.29, 0.717) is 30.9 Å². The standard InChI is InChI=1S/C26H34ClF3N6O3S/c1-25(2,3)39-24(38)35-11-9-34(10-12-35)22-17-13-18(26(28,29)30)19(27)21-20(17)36(23(37)31-22)16(15-40-21)14-33-7-5-32(4)6-8-33/h13,16H,5-12,14-15H2,1-4H3/t16-/m0/s1. The van der Waals surface area contributed by atoms with Gasteiger partial charge in [-0.25, -0.2) is 9.59 Å². The zero-order chi connectivity index (χ0) is 29.0. The predicted molar refractivity (Wildman–Crippen MR) is 150 cm³/mol. The number of hydrogen-bond acceptors (Lipinski definition) is 8. The number of carbonyl (C=O) groups excluding carboxylic acids is 1. The smallest absolute Gasteiger partial charge is 0.417 e. The summed E-state index contributed by atoms with van der Waals surface area (Å²) in [4.78, 5) is 38.6. The number of likely N-dealkylation sites (N-methyl/N-ethyl adjacent to an activating group) is 1. The molecule has 0 spiro atoms. The summed E-state index contributed by atoms with van der Waals surface area (Å²) in [5.41, 5.74) is -1.69. The molecule has 2 saturated heterocycles. The molecule has 40 heavy (non-hydrogen) atoms. The second kappa shape index (κ2) is 10.9. The number of ether oxygens (including phenoxy) is 1. The Hall–Kier alpha value is -2.22. The number of benzene rings is 1. The Kier molecular flexibility index (Phi) is 7.97. The molecule has 2 aromatic rings. The Labute approximate surface area is 240 Å². The van der Waals surface area contributed by atoms with Crippen molar-refractivity contribution in [1.29, 1.82) is 0 Å². The van der Waals surface area contributed by atoms with Crippen LogP contribution in [0.4, 0.5) is 23.8 Å². The maximum Gasteiger partial charge on any atom is 0.417 e. The Bertz CT molecular complexity index is 1350. The van der Waals surface area contributed by atoms with Crippen molar-refractivity contribution in [2.45, 2.75) is 43.5 Å². The van der Waals surface area contributed by atoms with Gasteiger partial charge in [0.25, 0.3) is 0 Å². The van der Waals surface area contributed by atoms with Crippen molar-refractivity contribution in [3.05, 3.63) is 27.1 Å². The lowest BCUT2D eigenvalue weighted by molar-refractivity contribution is -0.137. The summed E-state index contributed by atoms with van der Waals surface area (Å²) in [5.74, 6) is 0.606. The zero-order valence-corrected chi connectivity index (χ0v) is 24.6. The maximum atomic E-state index is 14.1. The fourth-order valence-electron chi connectivity index (χ4n) is 5.40. The molecule has 0 aliphatic carbocycles. The van der Waals surface area contributed by atoms with Crippen molar-refractivity contribution in [1.82, 2.24) is 24.3 Å². The van der Waals surface area contributed by atoms with E-state index >= 15 is 0 Å². The number of thioether (sulfide) groups is 1. The number of carbonyl (C=O) groups is 1. The van der Waals surface area contributed by atoms with Gasteiger partial charge in [0.15, 0.2) is 0 Å². The van der Waals surface area contributed by atoms with Crippen LogP contribution in [0.2, 0.25) is 5.02 Å². The number of alkyl halides is 3. The average Bonchev–Trinajstić information content (AvgIpc) is 2.87. The third-order valence-corrected chi connectivity index (χ3v) is 9.21. The Balaban J connectivity index is 1.53. The molecule has 5 rings (SSSR count). The lowest BCUT2D eigenvalue weighted by atomic mass is 10.1. The number of amides is 1. The first-order valence-electron chi connectivity index (χ1n) is 13.4. The van der Waals surface area contributed by atoms with Crippen LogP contribution in [0.1, 0.15) is 32.4 Å². The van der Waals surface area contributed by atoms with Crippen LogP contribution in [-0.4, -0.2) is 108 Å². The molecule has 220 valence electrons. The number of halogens is 4. The number of aromatic nitrogens is 2. The summed E-state index contributed by atoms with van der Waals surface area (Å²) in [6.45, 7) is 10.6. The van der Waals surface area contributed by atoms with E-state index in [4.69, 9.17) is 16.3 Å². The number of piperazine rings is 2. The molecule has 1 aromatic carbocycles. The summed E-state index contributed by atoms with van der Waals surface area (Å²) in [6.07, 6.45) is -5.13. The number of hydrogen-bond donors (Lipinski definition) is 0. The molecule has 2 fully saturated rings. The van der Waals surface area contributed by atoms with Crippen molar-refractivity contribution in [3.8, 4) is 0 Å². The molecule has 1 atom stereocenters. The molecule has 0 radical (unpaired) electrons. The first kappa shape index (κ1) is 29.3. The van der Waals surface area contributed by atoms with Gasteiger partial charge in [-0.2, -0.15) is 18.2 Å². The molecular weight excluding hydrogens is 569 g/mol. The van der Waals surface area contributed by atoms with Gasteiger partial charge in [-0.15, -0.1) is 11.8 Å². The minimum absolute atomic E-state index is 0.185. The normalized spacial score (nSPS) is 21.2. The maximum absolute atomic E-state index is 14.1. The van der Waals surface area contributed by atoms with Gasteiger partial charge < -0.3 is 19.4 Å². The Morgan fingerprint density at radius 1 is 1.10 bits per heavy atom. The predicted octanol–water partition coefficient (Wildman–Crippen LogP) is 4.02. The van der Waals surface area contributed by atoms with Crippen molar-refractivity contribution in [2.24, 2.45) is 0 Å². The van der Waals surface area contributed by atoms with E-state index in [2.05, 4.69) is 21.8 Å². The summed E-state index contributed by atoms with van der Waals surface area (Å²) < 4.78 is 49.3. The third-order valence-electron chi connectivity index (χ3n) is 7.47. The van der Waals surface area contributed by atoms with Crippen LogP contribution < -0.4 is 10.6 Å². The van der Waals surface area contributed by atoms with Gasteiger partial charge in [-0.1, -0.05) is 11.6 Å². The quantitative estimate of drug-likeness (QED) is 0.522. The van der Waals surface area contributed by atoms with Crippen molar-refractivity contribution in [3.63, 3.8) is 0 Å². The fourth-order valence-corrected chi connectivity index (χ4v) is 7.01. The van der Waals surface area contributed by atoms with E-state index in [1.54, 1.807) is 35.1 Å². The highest BCUT2D eigenvalue weighted by molar-refractivity contribution is 7.99. The highest BCUT2D eigenvalue weighted by Crippen LogP contribution is 2.48. The van der Waals surface area contributed by atoms with Crippen molar-refractivity contribution < 1.29 is 22.7 Å². The van der Waals surface area contributed by atoms with Crippen molar-refractivity contribution >= 4 is 46.2 Å². The second-order valence-electron chi connectivity index (χ2n) is 11.6. The Morgan fingerprint density at radius 3 is 2.35 bits per heavy atom. The van der Waals surface area contributed by atoms with Crippen LogP contribution in [0.5, 0.6) is 0 Å². The highest BCUT2D eigenvalue weighted by Gasteiger charge is 2.39.